The zero-order valence-electron chi connectivity index (χ0n) is 13.4. The second-order valence-electron chi connectivity index (χ2n) is 5.43. The minimum absolute atomic E-state index is 0.0368. The van der Waals surface area contributed by atoms with E-state index in [4.69, 9.17) is 16.3 Å². The Bertz CT molecular complexity index is 996. The highest BCUT2D eigenvalue weighted by Crippen LogP contribution is 2.33. The summed E-state index contributed by atoms with van der Waals surface area (Å²) in [6, 6.07) is 10.1. The number of hydrogen-bond donors (Lipinski definition) is 0. The highest BCUT2D eigenvalue weighted by Gasteiger charge is 2.25. The molecule has 1 aromatic heterocycles. The molecule has 0 bridgehead atoms. The van der Waals surface area contributed by atoms with Gasteiger partial charge in [-0.3, -0.25) is 0 Å². The predicted octanol–water partition coefficient (Wildman–Crippen LogP) is 4.02. The molecule has 0 N–H and O–H groups in total. The van der Waals surface area contributed by atoms with Crippen LogP contribution in [0.25, 0.3) is 11.0 Å². The van der Waals surface area contributed by atoms with Gasteiger partial charge in [-0.2, -0.15) is 0 Å². The first-order chi connectivity index (χ1) is 11.4. The second kappa shape index (κ2) is 6.45. The van der Waals surface area contributed by atoms with Crippen molar-refractivity contribution in [1.29, 1.82) is 0 Å². The summed E-state index contributed by atoms with van der Waals surface area (Å²) in [4.78, 5) is 4.19. The van der Waals surface area contributed by atoms with Crippen LogP contribution in [0.3, 0.4) is 0 Å². The molecule has 7 heteroatoms. The van der Waals surface area contributed by atoms with Crippen LogP contribution in [-0.4, -0.2) is 24.0 Å². The van der Waals surface area contributed by atoms with Gasteiger partial charge in [-0.1, -0.05) is 30.7 Å². The maximum absolute atomic E-state index is 13.1. The quantitative estimate of drug-likeness (QED) is 0.685. The van der Waals surface area contributed by atoms with Crippen LogP contribution in [0.1, 0.15) is 18.9 Å². The second-order valence-corrected chi connectivity index (χ2v) is 7.62. The minimum atomic E-state index is -3.88. The summed E-state index contributed by atoms with van der Waals surface area (Å²) in [7, 11) is -3.88. The number of para-hydroxylation sites is 2. The molecule has 126 valence electrons. The van der Waals surface area contributed by atoms with Crippen LogP contribution < -0.4 is 4.74 Å². The monoisotopic (exact) mass is 364 g/mol. The summed E-state index contributed by atoms with van der Waals surface area (Å²) in [6.07, 6.45) is 2.08. The van der Waals surface area contributed by atoms with E-state index in [1.165, 1.54) is 12.4 Å². The molecule has 0 radical (unpaired) electrons. The molecule has 1 heterocycles. The maximum atomic E-state index is 13.1. The van der Waals surface area contributed by atoms with Crippen LogP contribution in [0.5, 0.6) is 5.75 Å². The fourth-order valence-corrected chi connectivity index (χ4v) is 4.06. The van der Waals surface area contributed by atoms with E-state index in [2.05, 4.69) is 4.98 Å². The molecule has 0 fully saturated rings. The summed E-state index contributed by atoms with van der Waals surface area (Å²) in [5, 5.41) is 0.377. The number of rotatable bonds is 5. The number of aryl methyl sites for hydroxylation is 1. The lowest BCUT2D eigenvalue weighted by atomic mass is 10.2. The summed E-state index contributed by atoms with van der Waals surface area (Å²) in [5.41, 5.74) is 1.88. The average Bonchev–Trinajstić information content (AvgIpc) is 3.00. The van der Waals surface area contributed by atoms with Gasteiger partial charge in [-0.05, 0) is 43.2 Å². The van der Waals surface area contributed by atoms with Gasteiger partial charge in [0.25, 0.3) is 10.0 Å². The molecule has 0 aliphatic heterocycles. The molecule has 0 amide bonds. The van der Waals surface area contributed by atoms with Gasteiger partial charge in [0.1, 0.15) is 17.0 Å². The van der Waals surface area contributed by atoms with E-state index in [-0.39, 0.29) is 4.90 Å². The number of benzene rings is 2. The van der Waals surface area contributed by atoms with Crippen LogP contribution in [0.15, 0.2) is 47.6 Å². The molecule has 2 aromatic carbocycles. The van der Waals surface area contributed by atoms with Crippen molar-refractivity contribution in [3.05, 3.63) is 53.3 Å². The van der Waals surface area contributed by atoms with Crippen molar-refractivity contribution in [2.75, 3.05) is 6.61 Å². The normalized spacial score (nSPS) is 11.8. The molecular formula is C17H17ClN2O3S. The molecule has 0 saturated heterocycles. The highest BCUT2D eigenvalue weighted by atomic mass is 35.5. The van der Waals surface area contributed by atoms with Gasteiger partial charge in [0.05, 0.1) is 17.6 Å². The van der Waals surface area contributed by atoms with Crippen molar-refractivity contribution < 1.29 is 13.2 Å². The Morgan fingerprint density at radius 3 is 2.75 bits per heavy atom. The fraction of sp³-hybridized carbons (Fsp3) is 0.235. The Morgan fingerprint density at radius 1 is 1.25 bits per heavy atom. The van der Waals surface area contributed by atoms with Gasteiger partial charge in [-0.15, -0.1) is 0 Å². The standard InChI is InChI=1S/C17H17ClN2O3S/c1-3-8-23-16-9-12(2)13(18)10-17(16)24(21,22)20-11-19-14-6-4-5-7-15(14)20/h4-7,9-11H,3,8H2,1-2H3. The number of halogens is 1. The Kier molecular flexibility index (Phi) is 4.51. The molecule has 0 saturated carbocycles. The van der Waals surface area contributed by atoms with Crippen molar-refractivity contribution in [2.24, 2.45) is 0 Å². The number of ether oxygens (including phenoxy) is 1. The molecule has 24 heavy (non-hydrogen) atoms. The molecule has 5 nitrogen and oxygen atoms in total. The topological polar surface area (TPSA) is 61.2 Å². The van der Waals surface area contributed by atoms with Crippen LogP contribution in [0.4, 0.5) is 0 Å². The van der Waals surface area contributed by atoms with Gasteiger partial charge < -0.3 is 4.74 Å². The zero-order valence-corrected chi connectivity index (χ0v) is 14.9. The number of fused-ring (bicyclic) bond motifs is 1. The third-order valence-electron chi connectivity index (χ3n) is 3.64. The lowest BCUT2D eigenvalue weighted by Crippen LogP contribution is -2.14. The van der Waals surface area contributed by atoms with Crippen molar-refractivity contribution in [1.82, 2.24) is 8.96 Å². The summed E-state index contributed by atoms with van der Waals surface area (Å²) in [5.74, 6) is 0.302. The smallest absolute Gasteiger partial charge is 0.273 e. The highest BCUT2D eigenvalue weighted by molar-refractivity contribution is 7.90. The van der Waals surface area contributed by atoms with Gasteiger partial charge in [0.2, 0.25) is 0 Å². The van der Waals surface area contributed by atoms with E-state index in [0.717, 1.165) is 16.0 Å². The first-order valence-electron chi connectivity index (χ1n) is 7.55. The summed E-state index contributed by atoms with van der Waals surface area (Å²) < 4.78 is 33.1. The van der Waals surface area contributed by atoms with Crippen LogP contribution >= 0.6 is 11.6 Å². The Balaban J connectivity index is 2.21. The molecule has 0 atom stereocenters. The Hall–Kier alpha value is -2.05. The van der Waals surface area contributed by atoms with Gasteiger partial charge in [-0.25, -0.2) is 17.4 Å². The molecule has 3 aromatic rings. The van der Waals surface area contributed by atoms with Crippen molar-refractivity contribution >= 4 is 32.7 Å². The van der Waals surface area contributed by atoms with Crippen LogP contribution in [0, 0.1) is 6.92 Å². The van der Waals surface area contributed by atoms with Crippen molar-refractivity contribution in [3.63, 3.8) is 0 Å². The van der Waals surface area contributed by atoms with Gasteiger partial charge in [0.15, 0.2) is 0 Å². The molecule has 3 rings (SSSR count). The SMILES string of the molecule is CCCOc1cc(C)c(Cl)cc1S(=O)(=O)n1cnc2ccccc21. The third-order valence-corrected chi connectivity index (χ3v) is 5.74. The number of aromatic nitrogens is 2. The first kappa shape index (κ1) is 16.8. The Labute approximate surface area is 145 Å². The largest absolute Gasteiger partial charge is 0.492 e. The van der Waals surface area contributed by atoms with E-state index in [9.17, 15) is 8.42 Å². The van der Waals surface area contributed by atoms with Crippen LogP contribution in [-0.2, 0) is 10.0 Å². The molecule has 0 aliphatic rings. The minimum Gasteiger partial charge on any atom is -0.492 e. The number of imidazole rings is 1. The molecular weight excluding hydrogens is 348 g/mol. The fourth-order valence-electron chi connectivity index (χ4n) is 2.40. The maximum Gasteiger partial charge on any atom is 0.273 e. The lowest BCUT2D eigenvalue weighted by Gasteiger charge is -2.14. The zero-order chi connectivity index (χ0) is 17.3. The summed E-state index contributed by atoms with van der Waals surface area (Å²) in [6.45, 7) is 4.19. The number of nitrogens with zero attached hydrogens (tertiary/aromatic N) is 2. The van der Waals surface area contributed by atoms with E-state index in [1.54, 1.807) is 24.3 Å². The molecule has 0 unspecified atom stereocenters. The van der Waals surface area contributed by atoms with Crippen LogP contribution in [0.2, 0.25) is 5.02 Å². The van der Waals surface area contributed by atoms with Gasteiger partial charge >= 0.3 is 0 Å². The molecule has 0 aliphatic carbocycles. The van der Waals surface area contributed by atoms with E-state index >= 15 is 0 Å². The van der Waals surface area contributed by atoms with E-state index in [0.29, 0.717) is 28.4 Å². The van der Waals surface area contributed by atoms with Crippen molar-refractivity contribution in [2.45, 2.75) is 25.2 Å². The number of hydrogen-bond acceptors (Lipinski definition) is 4. The average molecular weight is 365 g/mol. The van der Waals surface area contributed by atoms with E-state index in [1.807, 2.05) is 19.9 Å². The lowest BCUT2D eigenvalue weighted by molar-refractivity contribution is 0.309. The van der Waals surface area contributed by atoms with E-state index < -0.39 is 10.0 Å². The third kappa shape index (κ3) is 2.87. The van der Waals surface area contributed by atoms with Gasteiger partial charge in [0, 0.05) is 5.02 Å². The molecule has 0 spiro atoms. The van der Waals surface area contributed by atoms with Crippen molar-refractivity contribution in [3.8, 4) is 5.75 Å². The summed E-state index contributed by atoms with van der Waals surface area (Å²) >= 11 is 6.16. The Morgan fingerprint density at radius 2 is 2.00 bits per heavy atom. The predicted molar refractivity (Wildman–Crippen MR) is 94.3 cm³/mol. The first-order valence-corrected chi connectivity index (χ1v) is 9.37.